The van der Waals surface area contributed by atoms with Crippen molar-refractivity contribution in [1.29, 1.82) is 0 Å². The van der Waals surface area contributed by atoms with Crippen molar-refractivity contribution in [2.45, 2.75) is 39.3 Å². The monoisotopic (exact) mass is 260 g/mol. The second kappa shape index (κ2) is 10.3. The van der Waals surface area contributed by atoms with Gasteiger partial charge in [-0.2, -0.15) is 0 Å². The largest absolute Gasteiger partial charge is 0.465 e. The molecule has 0 amide bonds. The molecule has 1 unspecified atom stereocenters. The Balaban J connectivity index is 4.17. The SMILES string of the molecule is CCOC(=O)C(CN(C)CCCOC)NC(C)C. The van der Waals surface area contributed by atoms with E-state index in [9.17, 15) is 4.79 Å². The van der Waals surface area contributed by atoms with Crippen LogP contribution in [0.4, 0.5) is 0 Å². The van der Waals surface area contributed by atoms with Crippen molar-refractivity contribution < 1.29 is 14.3 Å². The first-order valence-electron chi connectivity index (χ1n) is 6.61. The van der Waals surface area contributed by atoms with Gasteiger partial charge in [-0.3, -0.25) is 4.79 Å². The van der Waals surface area contributed by atoms with Crippen LogP contribution in [0.5, 0.6) is 0 Å². The van der Waals surface area contributed by atoms with Crippen LogP contribution in [-0.4, -0.2) is 63.4 Å². The minimum atomic E-state index is -0.266. The summed E-state index contributed by atoms with van der Waals surface area (Å²) < 4.78 is 10.1. The van der Waals surface area contributed by atoms with Gasteiger partial charge in [0.05, 0.1) is 6.61 Å². The van der Waals surface area contributed by atoms with E-state index in [1.165, 1.54) is 0 Å². The van der Waals surface area contributed by atoms with Gasteiger partial charge in [-0.25, -0.2) is 0 Å². The molecule has 0 rings (SSSR count). The average Bonchev–Trinajstić information content (AvgIpc) is 2.28. The van der Waals surface area contributed by atoms with E-state index >= 15 is 0 Å². The van der Waals surface area contributed by atoms with Gasteiger partial charge < -0.3 is 19.7 Å². The zero-order valence-corrected chi connectivity index (χ0v) is 12.4. The summed E-state index contributed by atoms with van der Waals surface area (Å²) in [5, 5.41) is 3.24. The molecule has 0 aromatic heterocycles. The maximum Gasteiger partial charge on any atom is 0.324 e. The predicted octanol–water partition coefficient (Wildman–Crippen LogP) is 0.884. The lowest BCUT2D eigenvalue weighted by atomic mass is 10.2. The molecule has 1 atom stereocenters. The summed E-state index contributed by atoms with van der Waals surface area (Å²) in [4.78, 5) is 13.9. The summed E-state index contributed by atoms with van der Waals surface area (Å²) in [5.74, 6) is -0.176. The highest BCUT2D eigenvalue weighted by atomic mass is 16.5. The van der Waals surface area contributed by atoms with E-state index < -0.39 is 0 Å². The van der Waals surface area contributed by atoms with Crippen LogP contribution < -0.4 is 5.32 Å². The van der Waals surface area contributed by atoms with E-state index in [2.05, 4.69) is 10.2 Å². The Morgan fingerprint density at radius 3 is 2.56 bits per heavy atom. The maximum absolute atomic E-state index is 11.8. The molecule has 0 fully saturated rings. The van der Waals surface area contributed by atoms with Gasteiger partial charge in [-0.1, -0.05) is 13.8 Å². The highest BCUT2D eigenvalue weighted by molar-refractivity contribution is 5.76. The number of carbonyl (C=O) groups is 1. The fourth-order valence-corrected chi connectivity index (χ4v) is 1.72. The van der Waals surface area contributed by atoms with Crippen molar-refractivity contribution in [3.05, 3.63) is 0 Å². The van der Waals surface area contributed by atoms with E-state index in [-0.39, 0.29) is 18.1 Å². The van der Waals surface area contributed by atoms with Crippen LogP contribution >= 0.6 is 0 Å². The topological polar surface area (TPSA) is 50.8 Å². The summed E-state index contributed by atoms with van der Waals surface area (Å²) in [6.07, 6.45) is 0.963. The fourth-order valence-electron chi connectivity index (χ4n) is 1.72. The molecule has 0 aromatic rings. The molecule has 0 saturated carbocycles. The number of hydrogen-bond acceptors (Lipinski definition) is 5. The number of likely N-dealkylation sites (N-methyl/N-ethyl adjacent to an activating group) is 1. The van der Waals surface area contributed by atoms with E-state index in [1.807, 2.05) is 27.8 Å². The first-order valence-corrected chi connectivity index (χ1v) is 6.61. The third-order valence-corrected chi connectivity index (χ3v) is 2.49. The Bertz CT molecular complexity index is 222. The van der Waals surface area contributed by atoms with Crippen LogP contribution in [0.25, 0.3) is 0 Å². The maximum atomic E-state index is 11.8. The van der Waals surface area contributed by atoms with Crippen molar-refractivity contribution in [2.24, 2.45) is 0 Å². The average molecular weight is 260 g/mol. The molecule has 0 radical (unpaired) electrons. The van der Waals surface area contributed by atoms with Crippen LogP contribution in [0.3, 0.4) is 0 Å². The number of esters is 1. The van der Waals surface area contributed by atoms with E-state index in [0.717, 1.165) is 19.6 Å². The van der Waals surface area contributed by atoms with Crippen molar-refractivity contribution in [1.82, 2.24) is 10.2 Å². The van der Waals surface area contributed by atoms with Crippen molar-refractivity contribution in [3.8, 4) is 0 Å². The number of nitrogens with zero attached hydrogens (tertiary/aromatic N) is 1. The zero-order chi connectivity index (χ0) is 14.0. The fraction of sp³-hybridized carbons (Fsp3) is 0.923. The van der Waals surface area contributed by atoms with Gasteiger partial charge >= 0.3 is 5.97 Å². The van der Waals surface area contributed by atoms with Gasteiger partial charge in [-0.05, 0) is 20.4 Å². The molecule has 0 aliphatic rings. The smallest absolute Gasteiger partial charge is 0.324 e. The number of methoxy groups -OCH3 is 1. The lowest BCUT2D eigenvalue weighted by molar-refractivity contribution is -0.146. The lowest BCUT2D eigenvalue weighted by Gasteiger charge is -2.25. The third-order valence-electron chi connectivity index (χ3n) is 2.49. The van der Waals surface area contributed by atoms with Gasteiger partial charge in [-0.15, -0.1) is 0 Å². The molecule has 18 heavy (non-hydrogen) atoms. The Morgan fingerprint density at radius 2 is 2.06 bits per heavy atom. The second-order valence-electron chi connectivity index (χ2n) is 4.73. The summed E-state index contributed by atoms with van der Waals surface area (Å²) >= 11 is 0. The summed E-state index contributed by atoms with van der Waals surface area (Å²) in [5.41, 5.74) is 0. The number of carbonyl (C=O) groups excluding carboxylic acids is 1. The first-order chi connectivity index (χ1) is 8.51. The third kappa shape index (κ3) is 8.44. The number of ether oxygens (including phenoxy) is 2. The van der Waals surface area contributed by atoms with Gasteiger partial charge in [0.2, 0.25) is 0 Å². The molecule has 0 aliphatic carbocycles. The zero-order valence-electron chi connectivity index (χ0n) is 12.4. The molecule has 5 heteroatoms. The van der Waals surface area contributed by atoms with Gasteiger partial charge in [0.25, 0.3) is 0 Å². The molecular formula is C13H28N2O3. The van der Waals surface area contributed by atoms with Crippen LogP contribution in [-0.2, 0) is 14.3 Å². The van der Waals surface area contributed by atoms with Crippen molar-refractivity contribution >= 4 is 5.97 Å². The standard InChI is InChI=1S/C13H28N2O3/c1-6-18-13(16)12(14-11(2)3)10-15(4)8-7-9-17-5/h11-12,14H,6-10H2,1-5H3. The highest BCUT2D eigenvalue weighted by Gasteiger charge is 2.21. The number of rotatable bonds is 10. The summed E-state index contributed by atoms with van der Waals surface area (Å²) in [7, 11) is 3.70. The first kappa shape index (κ1) is 17.4. The summed E-state index contributed by atoms with van der Waals surface area (Å²) in [6, 6.07) is -0.00993. The molecular weight excluding hydrogens is 232 g/mol. The molecule has 1 N–H and O–H groups in total. The molecule has 0 heterocycles. The van der Waals surface area contributed by atoms with Gasteiger partial charge in [0.1, 0.15) is 6.04 Å². The van der Waals surface area contributed by atoms with Crippen LogP contribution in [0, 0.1) is 0 Å². The Morgan fingerprint density at radius 1 is 1.39 bits per heavy atom. The molecule has 5 nitrogen and oxygen atoms in total. The Kier molecular flexibility index (Phi) is 9.92. The van der Waals surface area contributed by atoms with Crippen molar-refractivity contribution in [3.63, 3.8) is 0 Å². The molecule has 0 bridgehead atoms. The van der Waals surface area contributed by atoms with E-state index in [0.29, 0.717) is 13.2 Å². The lowest BCUT2D eigenvalue weighted by Crippen LogP contribution is -2.48. The molecule has 0 aromatic carbocycles. The molecule has 0 aliphatic heterocycles. The molecule has 0 spiro atoms. The normalized spacial score (nSPS) is 13.1. The number of nitrogens with one attached hydrogen (secondary N) is 1. The van der Waals surface area contributed by atoms with Crippen LogP contribution in [0.1, 0.15) is 27.2 Å². The van der Waals surface area contributed by atoms with E-state index in [4.69, 9.17) is 9.47 Å². The molecule has 0 saturated heterocycles. The predicted molar refractivity (Wildman–Crippen MR) is 72.7 cm³/mol. The quantitative estimate of drug-likeness (QED) is 0.467. The number of hydrogen-bond donors (Lipinski definition) is 1. The Hall–Kier alpha value is -0.650. The van der Waals surface area contributed by atoms with Crippen molar-refractivity contribution in [2.75, 3.05) is 40.5 Å². The van der Waals surface area contributed by atoms with Gasteiger partial charge in [0, 0.05) is 32.8 Å². The summed E-state index contributed by atoms with van der Waals surface area (Å²) in [6.45, 7) is 8.60. The minimum absolute atomic E-state index is 0.176. The van der Waals surface area contributed by atoms with Crippen LogP contribution in [0.15, 0.2) is 0 Å². The highest BCUT2D eigenvalue weighted by Crippen LogP contribution is 1.97. The Labute approximate surface area is 111 Å². The minimum Gasteiger partial charge on any atom is -0.465 e. The second-order valence-corrected chi connectivity index (χ2v) is 4.73. The molecule has 108 valence electrons. The van der Waals surface area contributed by atoms with Gasteiger partial charge in [0.15, 0.2) is 0 Å². The van der Waals surface area contributed by atoms with Crippen LogP contribution in [0.2, 0.25) is 0 Å². The van der Waals surface area contributed by atoms with E-state index in [1.54, 1.807) is 7.11 Å².